The van der Waals surface area contributed by atoms with E-state index in [0.717, 1.165) is 32.2 Å². The van der Waals surface area contributed by atoms with Crippen LogP contribution in [0.5, 0.6) is 0 Å². The highest BCUT2D eigenvalue weighted by molar-refractivity contribution is 5.92. The van der Waals surface area contributed by atoms with Gasteiger partial charge in [-0.1, -0.05) is 13.0 Å². The molecule has 0 aliphatic carbocycles. The van der Waals surface area contributed by atoms with Crippen molar-refractivity contribution < 1.29 is 27.8 Å². The Kier molecular flexibility index (Phi) is 7.90. The number of amides is 1. The molecule has 2 fully saturated rings. The molecule has 1 aromatic rings. The van der Waals surface area contributed by atoms with Crippen LogP contribution < -0.4 is 4.90 Å². The third-order valence-corrected chi connectivity index (χ3v) is 6.24. The highest BCUT2D eigenvalue weighted by Gasteiger charge is 2.43. The van der Waals surface area contributed by atoms with E-state index in [4.69, 9.17) is 4.74 Å². The maximum atomic E-state index is 13.2. The molecule has 7 nitrogen and oxygen atoms in total. The van der Waals surface area contributed by atoms with E-state index < -0.39 is 11.9 Å². The van der Waals surface area contributed by atoms with Gasteiger partial charge in [-0.05, 0) is 25.0 Å². The number of nitrogens with zero attached hydrogens (tertiary/aromatic N) is 4. The second kappa shape index (κ2) is 10.2. The standard InChI is InChI=1S/C21H31F3N4O3/c1-2-19(30)28(18-5-3-4-17(25-18)21(22,23)24)16-20(6-14-31-15-7-20)27-10-8-26(9-11-27)12-13-29/h3-5,29H,2,6-16H2,1H3. The number of halogens is 3. The monoisotopic (exact) mass is 444 g/mol. The van der Waals surface area contributed by atoms with Crippen LogP contribution in [0.1, 0.15) is 31.9 Å². The van der Waals surface area contributed by atoms with Crippen LogP contribution in [0.2, 0.25) is 0 Å². The molecule has 174 valence electrons. The summed E-state index contributed by atoms with van der Waals surface area (Å²) in [6.07, 6.45) is -3.01. The molecule has 3 heterocycles. The molecule has 0 bridgehead atoms. The number of rotatable bonds is 7. The molecular weight excluding hydrogens is 413 g/mol. The van der Waals surface area contributed by atoms with Crippen LogP contribution in [0.25, 0.3) is 0 Å². The van der Waals surface area contributed by atoms with Gasteiger partial charge in [0.15, 0.2) is 0 Å². The van der Waals surface area contributed by atoms with Crippen LogP contribution in [0.3, 0.4) is 0 Å². The maximum absolute atomic E-state index is 13.2. The topological polar surface area (TPSA) is 69.1 Å². The van der Waals surface area contributed by atoms with Crippen LogP contribution in [0, 0.1) is 0 Å². The SMILES string of the molecule is CCC(=O)N(CC1(N2CCN(CCO)CC2)CCOCC1)c1cccc(C(F)(F)F)n1. The Morgan fingerprint density at radius 1 is 1.23 bits per heavy atom. The number of aliphatic hydroxyl groups excluding tert-OH is 1. The molecule has 2 aliphatic rings. The lowest BCUT2D eigenvalue weighted by Gasteiger charge is -2.51. The summed E-state index contributed by atoms with van der Waals surface area (Å²) in [5, 5.41) is 9.19. The summed E-state index contributed by atoms with van der Waals surface area (Å²) < 4.78 is 45.3. The first-order valence-corrected chi connectivity index (χ1v) is 10.8. The number of alkyl halides is 3. The summed E-state index contributed by atoms with van der Waals surface area (Å²) in [5.74, 6) is -0.219. The average Bonchev–Trinajstić information content (AvgIpc) is 2.78. The number of aromatic nitrogens is 1. The highest BCUT2D eigenvalue weighted by atomic mass is 19.4. The Balaban J connectivity index is 1.87. The molecule has 0 atom stereocenters. The molecule has 1 aromatic heterocycles. The number of piperazine rings is 1. The van der Waals surface area contributed by atoms with E-state index in [1.165, 1.54) is 17.0 Å². The zero-order chi connectivity index (χ0) is 22.5. The normalized spacial score (nSPS) is 20.5. The summed E-state index contributed by atoms with van der Waals surface area (Å²) in [7, 11) is 0. The summed E-state index contributed by atoms with van der Waals surface area (Å²) in [6, 6.07) is 3.68. The van der Waals surface area contributed by atoms with E-state index in [1.807, 2.05) is 0 Å². The fourth-order valence-corrected chi connectivity index (χ4v) is 4.43. The Hall–Kier alpha value is -1.75. The van der Waals surface area contributed by atoms with Gasteiger partial charge in [-0.3, -0.25) is 19.5 Å². The number of pyridine rings is 1. The van der Waals surface area contributed by atoms with Gasteiger partial charge in [-0.2, -0.15) is 13.2 Å². The van der Waals surface area contributed by atoms with Crippen molar-refractivity contribution in [2.75, 3.05) is 64.0 Å². The fraction of sp³-hybridized carbons (Fsp3) is 0.714. The number of aliphatic hydroxyl groups is 1. The molecule has 0 radical (unpaired) electrons. The fourth-order valence-electron chi connectivity index (χ4n) is 4.43. The Bertz CT molecular complexity index is 733. The van der Waals surface area contributed by atoms with Gasteiger partial charge in [-0.25, -0.2) is 4.98 Å². The number of hydrogen-bond donors (Lipinski definition) is 1. The number of carbonyl (C=O) groups excluding carboxylic acids is 1. The Morgan fingerprint density at radius 2 is 1.90 bits per heavy atom. The summed E-state index contributed by atoms with van der Waals surface area (Å²) in [4.78, 5) is 22.6. The largest absolute Gasteiger partial charge is 0.433 e. The lowest BCUT2D eigenvalue weighted by Crippen LogP contribution is -2.63. The van der Waals surface area contributed by atoms with Crippen LogP contribution in [0.15, 0.2) is 18.2 Å². The van der Waals surface area contributed by atoms with Gasteiger partial charge in [-0.15, -0.1) is 0 Å². The van der Waals surface area contributed by atoms with Crippen molar-refractivity contribution in [1.82, 2.24) is 14.8 Å². The molecule has 0 unspecified atom stereocenters. The van der Waals surface area contributed by atoms with Crippen molar-refractivity contribution in [3.8, 4) is 0 Å². The second-order valence-corrected chi connectivity index (χ2v) is 8.10. The minimum atomic E-state index is -4.57. The van der Waals surface area contributed by atoms with E-state index in [1.54, 1.807) is 6.92 Å². The first kappa shape index (κ1) is 23.9. The predicted octanol–water partition coefficient (Wildman–Crippen LogP) is 2.00. The molecule has 10 heteroatoms. The van der Waals surface area contributed by atoms with E-state index >= 15 is 0 Å². The van der Waals surface area contributed by atoms with Crippen molar-refractivity contribution in [3.05, 3.63) is 23.9 Å². The van der Waals surface area contributed by atoms with Gasteiger partial charge in [0, 0.05) is 64.4 Å². The van der Waals surface area contributed by atoms with Gasteiger partial charge in [0.1, 0.15) is 11.5 Å². The molecule has 3 rings (SSSR count). The van der Waals surface area contributed by atoms with Crippen molar-refractivity contribution >= 4 is 11.7 Å². The van der Waals surface area contributed by atoms with Crippen LogP contribution in [0.4, 0.5) is 19.0 Å². The quantitative estimate of drug-likeness (QED) is 0.694. The second-order valence-electron chi connectivity index (χ2n) is 8.10. The summed E-state index contributed by atoms with van der Waals surface area (Å²) in [5.41, 5.74) is -1.39. The van der Waals surface area contributed by atoms with Crippen LogP contribution in [-0.2, 0) is 15.7 Å². The zero-order valence-corrected chi connectivity index (χ0v) is 17.9. The minimum absolute atomic E-state index is 0.0338. The van der Waals surface area contributed by atoms with E-state index in [-0.39, 0.29) is 36.8 Å². The molecule has 0 aromatic carbocycles. The molecule has 0 saturated carbocycles. The summed E-state index contributed by atoms with van der Waals surface area (Å²) in [6.45, 7) is 6.93. The van der Waals surface area contributed by atoms with E-state index in [0.29, 0.717) is 32.6 Å². The average molecular weight is 444 g/mol. The van der Waals surface area contributed by atoms with Gasteiger partial charge in [0.05, 0.1) is 6.61 Å². The number of ether oxygens (including phenoxy) is 1. The lowest BCUT2D eigenvalue weighted by molar-refractivity contribution is -0.141. The third kappa shape index (κ3) is 5.74. The van der Waals surface area contributed by atoms with Crippen LogP contribution >= 0.6 is 0 Å². The van der Waals surface area contributed by atoms with Crippen molar-refractivity contribution in [1.29, 1.82) is 0 Å². The molecule has 31 heavy (non-hydrogen) atoms. The number of carbonyl (C=O) groups is 1. The van der Waals surface area contributed by atoms with E-state index in [2.05, 4.69) is 14.8 Å². The molecular formula is C21H31F3N4O3. The summed E-state index contributed by atoms with van der Waals surface area (Å²) >= 11 is 0. The van der Waals surface area contributed by atoms with Crippen LogP contribution in [-0.4, -0.2) is 90.4 Å². The van der Waals surface area contributed by atoms with Gasteiger partial charge in [0.2, 0.25) is 5.91 Å². The van der Waals surface area contributed by atoms with Crippen molar-refractivity contribution in [3.63, 3.8) is 0 Å². The minimum Gasteiger partial charge on any atom is -0.395 e. The first-order valence-electron chi connectivity index (χ1n) is 10.8. The highest BCUT2D eigenvalue weighted by Crippen LogP contribution is 2.33. The molecule has 2 aliphatic heterocycles. The van der Waals surface area contributed by atoms with Crippen molar-refractivity contribution in [2.45, 2.75) is 37.9 Å². The number of anilines is 1. The Labute approximate surface area is 180 Å². The third-order valence-electron chi connectivity index (χ3n) is 6.24. The first-order chi connectivity index (χ1) is 14.8. The smallest absolute Gasteiger partial charge is 0.395 e. The molecule has 1 N–H and O–H groups in total. The van der Waals surface area contributed by atoms with E-state index in [9.17, 15) is 23.1 Å². The van der Waals surface area contributed by atoms with Gasteiger partial charge < -0.3 is 9.84 Å². The van der Waals surface area contributed by atoms with Crippen molar-refractivity contribution in [2.24, 2.45) is 0 Å². The zero-order valence-electron chi connectivity index (χ0n) is 17.9. The van der Waals surface area contributed by atoms with Gasteiger partial charge >= 0.3 is 6.18 Å². The lowest BCUT2D eigenvalue weighted by atomic mass is 9.86. The number of β-amino-alcohol motifs (C(OH)–C–C–N with tert-alkyl or cyclic N) is 1. The maximum Gasteiger partial charge on any atom is 0.433 e. The number of hydrogen-bond acceptors (Lipinski definition) is 6. The Morgan fingerprint density at radius 3 is 2.48 bits per heavy atom. The predicted molar refractivity (Wildman–Crippen MR) is 110 cm³/mol. The van der Waals surface area contributed by atoms with Gasteiger partial charge in [0.25, 0.3) is 0 Å². The molecule has 2 saturated heterocycles. The molecule has 0 spiro atoms. The molecule has 1 amide bonds.